The number of hydrogen-bond acceptors (Lipinski definition) is 3. The highest BCUT2D eigenvalue weighted by Gasteiger charge is 2.13. The maximum atomic E-state index is 6.04. The predicted octanol–water partition coefficient (Wildman–Crippen LogP) is 4.09. The third kappa shape index (κ3) is 2.83. The van der Waals surface area contributed by atoms with Crippen molar-refractivity contribution in [3.63, 3.8) is 0 Å². The topological polar surface area (TPSA) is 43.8 Å². The molecule has 0 aliphatic rings. The fraction of sp³-hybridized carbons (Fsp3) is 0.462. The molecule has 1 unspecified atom stereocenters. The van der Waals surface area contributed by atoms with Crippen molar-refractivity contribution < 1.29 is 0 Å². The lowest BCUT2D eigenvalue weighted by Crippen LogP contribution is -2.09. The van der Waals surface area contributed by atoms with Crippen LogP contribution in [0.15, 0.2) is 22.7 Å². The van der Waals surface area contributed by atoms with Crippen molar-refractivity contribution in [3.05, 3.63) is 22.7 Å². The van der Waals surface area contributed by atoms with Crippen LogP contribution in [0.2, 0.25) is 0 Å². The van der Waals surface area contributed by atoms with Gasteiger partial charge in [-0.1, -0.05) is 22.9 Å². The first kappa shape index (κ1) is 13.7. The van der Waals surface area contributed by atoms with E-state index in [1.165, 1.54) is 5.75 Å². The molecule has 1 atom stereocenters. The molecule has 0 spiro atoms. The van der Waals surface area contributed by atoms with E-state index in [0.717, 1.165) is 27.7 Å². The number of fused-ring (bicyclic) bond motifs is 1. The van der Waals surface area contributed by atoms with Crippen LogP contribution in [0.4, 0.5) is 5.95 Å². The number of benzene rings is 1. The molecule has 2 rings (SSSR count). The van der Waals surface area contributed by atoms with Gasteiger partial charge in [0.1, 0.15) is 0 Å². The maximum absolute atomic E-state index is 6.04. The zero-order chi connectivity index (χ0) is 13.1. The summed E-state index contributed by atoms with van der Waals surface area (Å²) in [7, 11) is 0. The summed E-state index contributed by atoms with van der Waals surface area (Å²) in [6, 6.07) is 6.50. The third-order valence-corrected chi connectivity index (χ3v) is 4.43. The molecule has 1 heterocycles. The van der Waals surface area contributed by atoms with Crippen LogP contribution in [0.1, 0.15) is 26.3 Å². The monoisotopic (exact) mass is 327 g/mol. The summed E-state index contributed by atoms with van der Waals surface area (Å²) in [5.41, 5.74) is 8.11. The van der Waals surface area contributed by atoms with Crippen LogP contribution in [0.25, 0.3) is 11.0 Å². The molecule has 0 aliphatic carbocycles. The van der Waals surface area contributed by atoms with Crippen molar-refractivity contribution in [1.82, 2.24) is 9.55 Å². The van der Waals surface area contributed by atoms with Gasteiger partial charge in [-0.2, -0.15) is 11.8 Å². The average molecular weight is 328 g/mol. The Labute approximate surface area is 120 Å². The Hall–Kier alpha value is -0.680. The lowest BCUT2D eigenvalue weighted by molar-refractivity contribution is 0.556. The number of aromatic nitrogens is 2. The Bertz CT molecular complexity index is 538. The minimum Gasteiger partial charge on any atom is -0.369 e. The molecular formula is C13H18BrN3S. The Kier molecular flexibility index (Phi) is 4.56. The fourth-order valence-electron chi connectivity index (χ4n) is 2.08. The van der Waals surface area contributed by atoms with E-state index in [1.54, 1.807) is 0 Å². The number of nitrogens with two attached hydrogens (primary N) is 1. The molecule has 2 N–H and O–H groups in total. The molecule has 1 aromatic heterocycles. The van der Waals surface area contributed by atoms with Crippen LogP contribution in [0, 0.1) is 0 Å². The van der Waals surface area contributed by atoms with Crippen molar-refractivity contribution in [2.75, 3.05) is 17.2 Å². The minimum absolute atomic E-state index is 0.384. The lowest BCUT2D eigenvalue weighted by atomic mass is 10.2. The van der Waals surface area contributed by atoms with E-state index in [1.807, 2.05) is 23.9 Å². The van der Waals surface area contributed by atoms with Crippen molar-refractivity contribution >= 4 is 44.7 Å². The van der Waals surface area contributed by atoms with Gasteiger partial charge < -0.3 is 10.3 Å². The number of imidazole rings is 1. The summed E-state index contributed by atoms with van der Waals surface area (Å²) in [6.45, 7) is 4.39. The van der Waals surface area contributed by atoms with E-state index in [-0.39, 0.29) is 0 Å². The zero-order valence-electron chi connectivity index (χ0n) is 10.7. The zero-order valence-corrected chi connectivity index (χ0v) is 13.1. The van der Waals surface area contributed by atoms with Crippen LogP contribution in [0.3, 0.4) is 0 Å². The summed E-state index contributed by atoms with van der Waals surface area (Å²) in [6.07, 6.45) is 1.12. The van der Waals surface area contributed by atoms with E-state index in [9.17, 15) is 0 Å². The van der Waals surface area contributed by atoms with Crippen LogP contribution in [-0.4, -0.2) is 21.1 Å². The van der Waals surface area contributed by atoms with E-state index in [2.05, 4.69) is 45.4 Å². The van der Waals surface area contributed by atoms with Crippen molar-refractivity contribution in [3.8, 4) is 0 Å². The molecular weight excluding hydrogens is 310 g/mol. The molecule has 18 heavy (non-hydrogen) atoms. The molecule has 0 saturated heterocycles. The second kappa shape index (κ2) is 5.97. The molecule has 5 heteroatoms. The van der Waals surface area contributed by atoms with Crippen LogP contribution < -0.4 is 5.73 Å². The number of nitrogen functional groups attached to an aromatic ring is 1. The largest absolute Gasteiger partial charge is 0.369 e. The van der Waals surface area contributed by atoms with Gasteiger partial charge in [-0.25, -0.2) is 4.98 Å². The number of rotatable bonds is 5. The van der Waals surface area contributed by atoms with E-state index in [4.69, 9.17) is 5.73 Å². The number of halogens is 1. The van der Waals surface area contributed by atoms with Gasteiger partial charge in [0.15, 0.2) is 0 Å². The van der Waals surface area contributed by atoms with E-state index in [0.29, 0.717) is 12.0 Å². The molecule has 0 fully saturated rings. The Morgan fingerprint density at radius 2 is 2.28 bits per heavy atom. The Balaban J connectivity index is 2.29. The molecule has 0 bridgehead atoms. The fourth-order valence-corrected chi connectivity index (χ4v) is 3.23. The molecule has 2 aromatic rings. The Morgan fingerprint density at radius 3 is 3.00 bits per heavy atom. The smallest absolute Gasteiger partial charge is 0.201 e. The van der Waals surface area contributed by atoms with Crippen LogP contribution in [-0.2, 0) is 0 Å². The number of hydrogen-bond donors (Lipinski definition) is 1. The van der Waals surface area contributed by atoms with E-state index < -0.39 is 0 Å². The number of anilines is 1. The van der Waals surface area contributed by atoms with Crippen molar-refractivity contribution in [1.29, 1.82) is 0 Å². The SMILES string of the molecule is CCSCCC(C)n1c(N)nc2cc(Br)ccc21. The second-order valence-electron chi connectivity index (χ2n) is 4.31. The minimum atomic E-state index is 0.384. The Morgan fingerprint density at radius 1 is 1.50 bits per heavy atom. The molecule has 3 nitrogen and oxygen atoms in total. The molecule has 0 aliphatic heterocycles. The molecule has 0 saturated carbocycles. The van der Waals surface area contributed by atoms with Crippen LogP contribution in [0.5, 0.6) is 0 Å². The normalized spacial score (nSPS) is 13.1. The number of thioether (sulfide) groups is 1. The highest BCUT2D eigenvalue weighted by Crippen LogP contribution is 2.27. The second-order valence-corrected chi connectivity index (χ2v) is 6.62. The first-order valence-corrected chi connectivity index (χ1v) is 8.09. The quantitative estimate of drug-likeness (QED) is 0.841. The van der Waals surface area contributed by atoms with Gasteiger partial charge in [0.2, 0.25) is 5.95 Å². The van der Waals surface area contributed by atoms with Crippen molar-refractivity contribution in [2.24, 2.45) is 0 Å². The van der Waals surface area contributed by atoms with Gasteiger partial charge in [-0.05, 0) is 43.0 Å². The highest BCUT2D eigenvalue weighted by atomic mass is 79.9. The molecule has 1 aromatic carbocycles. The summed E-state index contributed by atoms with van der Waals surface area (Å²) in [5, 5.41) is 0. The van der Waals surface area contributed by atoms with Gasteiger partial charge in [0, 0.05) is 10.5 Å². The van der Waals surface area contributed by atoms with Gasteiger partial charge in [0.05, 0.1) is 11.0 Å². The molecule has 0 radical (unpaired) electrons. The predicted molar refractivity (Wildman–Crippen MR) is 84.2 cm³/mol. The summed E-state index contributed by atoms with van der Waals surface area (Å²) >= 11 is 5.43. The van der Waals surface area contributed by atoms with E-state index >= 15 is 0 Å². The highest BCUT2D eigenvalue weighted by molar-refractivity contribution is 9.10. The summed E-state index contributed by atoms with van der Waals surface area (Å²) in [4.78, 5) is 4.43. The average Bonchev–Trinajstić information content (AvgIpc) is 2.64. The maximum Gasteiger partial charge on any atom is 0.201 e. The molecule has 0 amide bonds. The third-order valence-electron chi connectivity index (χ3n) is 3.00. The van der Waals surface area contributed by atoms with Gasteiger partial charge >= 0.3 is 0 Å². The van der Waals surface area contributed by atoms with Crippen LogP contribution >= 0.6 is 27.7 Å². The van der Waals surface area contributed by atoms with Crippen molar-refractivity contribution in [2.45, 2.75) is 26.3 Å². The number of nitrogens with zero attached hydrogens (tertiary/aromatic N) is 2. The van der Waals surface area contributed by atoms with Gasteiger partial charge in [-0.3, -0.25) is 0 Å². The summed E-state index contributed by atoms with van der Waals surface area (Å²) < 4.78 is 3.17. The first-order chi connectivity index (χ1) is 8.63. The van der Waals surface area contributed by atoms with Gasteiger partial charge in [-0.15, -0.1) is 0 Å². The molecule has 98 valence electrons. The first-order valence-electron chi connectivity index (χ1n) is 6.14. The summed E-state index contributed by atoms with van der Waals surface area (Å²) in [5.74, 6) is 2.93. The standard InChI is InChI=1S/C13H18BrN3S/c1-3-18-7-6-9(2)17-12-5-4-10(14)8-11(12)16-13(17)15/h4-5,8-9H,3,6-7H2,1-2H3,(H2,15,16). The lowest BCUT2D eigenvalue weighted by Gasteiger charge is -2.15. The van der Waals surface area contributed by atoms with Gasteiger partial charge in [0.25, 0.3) is 0 Å².